The van der Waals surface area contributed by atoms with Gasteiger partial charge in [-0.3, -0.25) is 14.9 Å². The molecule has 1 aliphatic rings. The lowest BCUT2D eigenvalue weighted by Crippen LogP contribution is -2.42. The minimum Gasteiger partial charge on any atom is -0.386 e. The zero-order valence-electron chi connectivity index (χ0n) is 14.6. The van der Waals surface area contributed by atoms with Crippen LogP contribution in [0.15, 0.2) is 65.7 Å². The second-order valence-corrected chi connectivity index (χ2v) is 6.62. The van der Waals surface area contributed by atoms with E-state index in [1.807, 2.05) is 42.5 Å². The molecule has 3 aromatic heterocycles. The quantitative estimate of drug-likeness (QED) is 0.574. The summed E-state index contributed by atoms with van der Waals surface area (Å²) in [5.41, 5.74) is 3.77. The number of nitrogens with one attached hydrogen (secondary N) is 2. The smallest absolute Gasteiger partial charge is 0.280 e. The predicted octanol–water partition coefficient (Wildman–Crippen LogP) is 2.19. The molecule has 1 aromatic carbocycles. The van der Waals surface area contributed by atoms with E-state index in [1.165, 1.54) is 4.68 Å². The third-order valence-electron chi connectivity index (χ3n) is 4.83. The number of piperazine rings is 1. The van der Waals surface area contributed by atoms with E-state index in [0.717, 1.165) is 35.8 Å². The van der Waals surface area contributed by atoms with Gasteiger partial charge in [0.25, 0.3) is 5.56 Å². The van der Waals surface area contributed by atoms with E-state index < -0.39 is 0 Å². The van der Waals surface area contributed by atoms with E-state index in [4.69, 9.17) is 4.98 Å². The summed E-state index contributed by atoms with van der Waals surface area (Å²) in [6.07, 6.45) is 1.62. The molecular formula is C20H18N6O. The average molecular weight is 358 g/mol. The summed E-state index contributed by atoms with van der Waals surface area (Å²) in [5, 5.41) is 6.99. The lowest BCUT2D eigenvalue weighted by molar-refractivity contribution is 0.657. The van der Waals surface area contributed by atoms with Gasteiger partial charge in [0.05, 0.1) is 28.7 Å². The Labute approximate surface area is 154 Å². The first-order valence-corrected chi connectivity index (χ1v) is 8.83. The van der Waals surface area contributed by atoms with Crippen molar-refractivity contribution in [1.29, 1.82) is 0 Å². The van der Waals surface area contributed by atoms with Crippen LogP contribution in [-0.2, 0) is 0 Å². The third kappa shape index (κ3) is 2.55. The first kappa shape index (κ1) is 15.6. The second-order valence-electron chi connectivity index (χ2n) is 6.62. The lowest BCUT2D eigenvalue weighted by atomic mass is 10.2. The number of nitrogens with zero attached hydrogens (tertiary/aromatic N) is 4. The monoisotopic (exact) mass is 358 g/mol. The van der Waals surface area contributed by atoms with Gasteiger partial charge >= 0.3 is 0 Å². The van der Waals surface area contributed by atoms with Crippen molar-refractivity contribution in [2.45, 2.75) is 0 Å². The van der Waals surface area contributed by atoms with Gasteiger partial charge < -0.3 is 10.2 Å². The summed E-state index contributed by atoms with van der Waals surface area (Å²) in [4.78, 5) is 24.3. The molecule has 0 spiro atoms. The van der Waals surface area contributed by atoms with Gasteiger partial charge in [-0.1, -0.05) is 24.8 Å². The van der Waals surface area contributed by atoms with Crippen molar-refractivity contribution in [3.63, 3.8) is 0 Å². The van der Waals surface area contributed by atoms with Gasteiger partial charge in [-0.15, -0.1) is 0 Å². The first-order chi connectivity index (χ1) is 13.2. The highest BCUT2D eigenvalue weighted by Crippen LogP contribution is 2.23. The average Bonchev–Trinajstić information content (AvgIpc) is 3.05. The van der Waals surface area contributed by atoms with Crippen LogP contribution in [0.3, 0.4) is 0 Å². The summed E-state index contributed by atoms with van der Waals surface area (Å²) in [7, 11) is 0. The molecule has 4 heterocycles. The Morgan fingerprint density at radius 2 is 1.96 bits per heavy atom. The zero-order valence-corrected chi connectivity index (χ0v) is 14.6. The molecular weight excluding hydrogens is 340 g/mol. The first-order valence-electron chi connectivity index (χ1n) is 8.83. The van der Waals surface area contributed by atoms with E-state index in [9.17, 15) is 4.79 Å². The highest BCUT2D eigenvalue weighted by molar-refractivity contribution is 6.00. The molecule has 0 amide bonds. The van der Waals surface area contributed by atoms with E-state index in [2.05, 4.69) is 26.9 Å². The number of hydrogen-bond donors (Lipinski definition) is 2. The fourth-order valence-corrected chi connectivity index (χ4v) is 3.48. The standard InChI is InChI=1S/C20H18N6O/c1-13-12-25(10-9-21-13)17-8-7-16-19(23-17)18-15(11-22-16)20(27)26(24-18)14-5-3-2-4-6-14/h2-8,11,21,24H,1,9-10,12H2. The highest BCUT2D eigenvalue weighted by Gasteiger charge is 2.17. The molecule has 5 rings (SSSR count). The summed E-state index contributed by atoms with van der Waals surface area (Å²) < 4.78 is 1.53. The molecule has 7 nitrogen and oxygen atoms in total. The molecule has 1 fully saturated rings. The van der Waals surface area contributed by atoms with Gasteiger partial charge in [-0.25, -0.2) is 9.67 Å². The number of aromatic amines is 1. The number of aromatic nitrogens is 4. The molecule has 7 heteroatoms. The van der Waals surface area contributed by atoms with Crippen LogP contribution in [0.1, 0.15) is 0 Å². The molecule has 134 valence electrons. The van der Waals surface area contributed by atoms with Crippen molar-refractivity contribution in [1.82, 2.24) is 25.1 Å². The van der Waals surface area contributed by atoms with Crippen LogP contribution in [0, 0.1) is 0 Å². The Balaban J connectivity index is 1.70. The number of pyridine rings is 2. The largest absolute Gasteiger partial charge is 0.386 e. The molecule has 0 radical (unpaired) electrons. The fraction of sp³-hybridized carbons (Fsp3) is 0.150. The van der Waals surface area contributed by atoms with E-state index in [-0.39, 0.29) is 5.56 Å². The molecule has 0 saturated carbocycles. The topological polar surface area (TPSA) is 78.8 Å². The Morgan fingerprint density at radius 3 is 2.78 bits per heavy atom. The minimum absolute atomic E-state index is 0.131. The predicted molar refractivity (Wildman–Crippen MR) is 106 cm³/mol. The Morgan fingerprint density at radius 1 is 1.11 bits per heavy atom. The number of fused-ring (bicyclic) bond motifs is 3. The maximum atomic E-state index is 12.8. The molecule has 1 saturated heterocycles. The number of rotatable bonds is 2. The van der Waals surface area contributed by atoms with Crippen LogP contribution >= 0.6 is 0 Å². The van der Waals surface area contributed by atoms with Gasteiger partial charge in [-0.05, 0) is 24.3 Å². The Hall–Kier alpha value is -3.61. The SMILES string of the molecule is C=C1CN(c2ccc3ncc4c(=O)n(-c5ccccc5)[nH]c4c3n2)CCN1. The molecule has 4 aromatic rings. The molecule has 27 heavy (non-hydrogen) atoms. The highest BCUT2D eigenvalue weighted by atomic mass is 16.1. The van der Waals surface area contributed by atoms with Crippen molar-refractivity contribution >= 4 is 27.8 Å². The number of H-pyrrole nitrogens is 1. The summed E-state index contributed by atoms with van der Waals surface area (Å²) in [6, 6.07) is 13.4. The van der Waals surface area contributed by atoms with E-state index in [1.54, 1.807) is 6.20 Å². The van der Waals surface area contributed by atoms with Gasteiger partial charge in [0.2, 0.25) is 0 Å². The number of anilines is 1. The van der Waals surface area contributed by atoms with Gasteiger partial charge in [0.1, 0.15) is 11.3 Å². The van der Waals surface area contributed by atoms with Crippen LogP contribution in [0.4, 0.5) is 5.82 Å². The van der Waals surface area contributed by atoms with Gasteiger partial charge in [0.15, 0.2) is 0 Å². The number of benzene rings is 1. The normalized spacial score (nSPS) is 14.7. The van der Waals surface area contributed by atoms with Crippen molar-refractivity contribution < 1.29 is 0 Å². The van der Waals surface area contributed by atoms with Crippen LogP contribution in [0.2, 0.25) is 0 Å². The van der Waals surface area contributed by atoms with Crippen molar-refractivity contribution in [2.75, 3.05) is 24.5 Å². The molecule has 0 atom stereocenters. The maximum absolute atomic E-state index is 12.8. The maximum Gasteiger partial charge on any atom is 0.280 e. The summed E-state index contributed by atoms with van der Waals surface area (Å²) in [6.45, 7) is 6.40. The number of hydrogen-bond acceptors (Lipinski definition) is 5. The third-order valence-corrected chi connectivity index (χ3v) is 4.83. The Bertz CT molecular complexity index is 1220. The van der Waals surface area contributed by atoms with E-state index in [0.29, 0.717) is 23.0 Å². The van der Waals surface area contributed by atoms with E-state index >= 15 is 0 Å². The van der Waals surface area contributed by atoms with Crippen molar-refractivity contribution in [3.8, 4) is 5.69 Å². The molecule has 0 unspecified atom stereocenters. The number of para-hydroxylation sites is 1. The zero-order chi connectivity index (χ0) is 18.4. The van der Waals surface area contributed by atoms with Crippen LogP contribution < -0.4 is 15.8 Å². The summed E-state index contributed by atoms with van der Waals surface area (Å²) in [5.74, 6) is 0.854. The molecule has 2 N–H and O–H groups in total. The molecule has 0 bridgehead atoms. The minimum atomic E-state index is -0.131. The van der Waals surface area contributed by atoms with Gasteiger partial charge in [-0.2, -0.15) is 0 Å². The Kier molecular flexibility index (Phi) is 3.46. The van der Waals surface area contributed by atoms with Crippen LogP contribution in [-0.4, -0.2) is 39.4 Å². The fourth-order valence-electron chi connectivity index (χ4n) is 3.48. The van der Waals surface area contributed by atoms with Crippen LogP contribution in [0.5, 0.6) is 0 Å². The van der Waals surface area contributed by atoms with Gasteiger partial charge in [0, 0.05) is 25.0 Å². The lowest BCUT2D eigenvalue weighted by Gasteiger charge is -2.30. The van der Waals surface area contributed by atoms with Crippen LogP contribution in [0.25, 0.3) is 27.6 Å². The van der Waals surface area contributed by atoms with Crippen molar-refractivity contribution in [2.24, 2.45) is 0 Å². The van der Waals surface area contributed by atoms with Crippen molar-refractivity contribution in [3.05, 3.63) is 71.3 Å². The summed E-state index contributed by atoms with van der Waals surface area (Å²) >= 11 is 0. The molecule has 0 aliphatic carbocycles. The second kappa shape index (κ2) is 5.98. The molecule has 1 aliphatic heterocycles.